The second kappa shape index (κ2) is 5.57. The van der Waals surface area contributed by atoms with E-state index in [1.54, 1.807) is 12.3 Å². The standard InChI is InChI=1S/C14H22N4O/c1-10-6-11(8-15)9-18(10)14(19)12-4-5-16-13(7-12)17(2)3/h4-5,7,10-11H,6,8-9,15H2,1-3H3. The molecule has 0 saturated carbocycles. The highest BCUT2D eigenvalue weighted by Crippen LogP contribution is 2.24. The first-order chi connectivity index (χ1) is 9.02. The molecule has 19 heavy (non-hydrogen) atoms. The third kappa shape index (κ3) is 2.87. The summed E-state index contributed by atoms with van der Waals surface area (Å²) in [5.41, 5.74) is 6.40. The van der Waals surface area contributed by atoms with Crippen LogP contribution in [0.4, 0.5) is 5.82 Å². The molecule has 0 spiro atoms. The highest BCUT2D eigenvalue weighted by Gasteiger charge is 2.32. The van der Waals surface area contributed by atoms with E-state index in [1.807, 2.05) is 30.0 Å². The van der Waals surface area contributed by atoms with Gasteiger partial charge in [0, 0.05) is 38.4 Å². The summed E-state index contributed by atoms with van der Waals surface area (Å²) >= 11 is 0. The number of pyridine rings is 1. The minimum absolute atomic E-state index is 0.0777. The molecule has 0 bridgehead atoms. The molecule has 2 rings (SSSR count). The van der Waals surface area contributed by atoms with Gasteiger partial charge in [0.15, 0.2) is 0 Å². The van der Waals surface area contributed by atoms with E-state index in [2.05, 4.69) is 11.9 Å². The normalized spacial score (nSPS) is 22.6. The van der Waals surface area contributed by atoms with E-state index in [-0.39, 0.29) is 11.9 Å². The molecule has 0 aromatic carbocycles. The SMILES string of the molecule is CC1CC(CN)CN1C(=O)c1ccnc(N(C)C)c1. The number of rotatable bonds is 3. The van der Waals surface area contributed by atoms with Crippen LogP contribution in [-0.2, 0) is 0 Å². The summed E-state index contributed by atoms with van der Waals surface area (Å²) in [6, 6.07) is 3.87. The van der Waals surface area contributed by atoms with Gasteiger partial charge in [0.2, 0.25) is 0 Å². The Bertz CT molecular complexity index is 461. The lowest BCUT2D eigenvalue weighted by Gasteiger charge is -2.22. The zero-order chi connectivity index (χ0) is 14.0. The second-order valence-corrected chi connectivity index (χ2v) is 5.44. The number of nitrogens with two attached hydrogens (primary N) is 1. The summed E-state index contributed by atoms with van der Waals surface area (Å²) in [6.07, 6.45) is 2.68. The van der Waals surface area contributed by atoms with Crippen molar-refractivity contribution in [3.63, 3.8) is 0 Å². The number of carbonyl (C=O) groups is 1. The monoisotopic (exact) mass is 262 g/mol. The van der Waals surface area contributed by atoms with Crippen molar-refractivity contribution in [2.45, 2.75) is 19.4 Å². The highest BCUT2D eigenvalue weighted by atomic mass is 16.2. The summed E-state index contributed by atoms with van der Waals surface area (Å²) in [4.78, 5) is 20.6. The fraction of sp³-hybridized carbons (Fsp3) is 0.571. The maximum Gasteiger partial charge on any atom is 0.254 e. The molecule has 1 saturated heterocycles. The van der Waals surface area contributed by atoms with Crippen LogP contribution in [0.3, 0.4) is 0 Å². The van der Waals surface area contributed by atoms with Gasteiger partial charge >= 0.3 is 0 Å². The fourth-order valence-electron chi connectivity index (χ4n) is 2.56. The molecule has 5 nitrogen and oxygen atoms in total. The van der Waals surface area contributed by atoms with Crippen LogP contribution in [0.2, 0.25) is 0 Å². The third-order valence-corrected chi connectivity index (χ3v) is 3.71. The fourth-order valence-corrected chi connectivity index (χ4v) is 2.56. The van der Waals surface area contributed by atoms with Gasteiger partial charge in [-0.05, 0) is 37.9 Å². The molecule has 104 valence electrons. The van der Waals surface area contributed by atoms with E-state index in [9.17, 15) is 4.79 Å². The van der Waals surface area contributed by atoms with Gasteiger partial charge in [-0.3, -0.25) is 4.79 Å². The van der Waals surface area contributed by atoms with Crippen molar-refractivity contribution in [1.82, 2.24) is 9.88 Å². The predicted molar refractivity (Wildman–Crippen MR) is 76.2 cm³/mol. The molecule has 0 radical (unpaired) electrons. The van der Waals surface area contributed by atoms with Gasteiger partial charge in [0.1, 0.15) is 5.82 Å². The maximum absolute atomic E-state index is 12.5. The van der Waals surface area contributed by atoms with Gasteiger partial charge < -0.3 is 15.5 Å². The molecule has 1 fully saturated rings. The molecule has 2 N–H and O–H groups in total. The summed E-state index contributed by atoms with van der Waals surface area (Å²) in [7, 11) is 3.83. The molecular formula is C14H22N4O. The summed E-state index contributed by atoms with van der Waals surface area (Å²) in [6.45, 7) is 3.49. The number of hydrogen-bond acceptors (Lipinski definition) is 4. The van der Waals surface area contributed by atoms with Crippen molar-refractivity contribution in [3.8, 4) is 0 Å². The molecule has 1 aromatic heterocycles. The van der Waals surface area contributed by atoms with Crippen LogP contribution in [0.5, 0.6) is 0 Å². The van der Waals surface area contributed by atoms with E-state index in [0.29, 0.717) is 18.0 Å². The lowest BCUT2D eigenvalue weighted by Crippen LogP contribution is -2.34. The highest BCUT2D eigenvalue weighted by molar-refractivity contribution is 5.95. The van der Waals surface area contributed by atoms with E-state index in [1.165, 1.54) is 0 Å². The van der Waals surface area contributed by atoms with Crippen LogP contribution in [0.1, 0.15) is 23.7 Å². The van der Waals surface area contributed by atoms with Crippen molar-refractivity contribution >= 4 is 11.7 Å². The second-order valence-electron chi connectivity index (χ2n) is 5.44. The van der Waals surface area contributed by atoms with E-state index in [0.717, 1.165) is 18.8 Å². The first-order valence-corrected chi connectivity index (χ1v) is 6.67. The predicted octanol–water partition coefficient (Wildman–Crippen LogP) is 0.957. The van der Waals surface area contributed by atoms with Gasteiger partial charge in [-0.2, -0.15) is 0 Å². The van der Waals surface area contributed by atoms with Crippen LogP contribution in [-0.4, -0.2) is 49.0 Å². The largest absolute Gasteiger partial charge is 0.363 e. The Kier molecular flexibility index (Phi) is 4.04. The zero-order valence-electron chi connectivity index (χ0n) is 11.8. The average molecular weight is 262 g/mol. The van der Waals surface area contributed by atoms with E-state index >= 15 is 0 Å². The van der Waals surface area contributed by atoms with E-state index < -0.39 is 0 Å². The van der Waals surface area contributed by atoms with Gasteiger partial charge in [0.05, 0.1) is 0 Å². The number of amides is 1. The van der Waals surface area contributed by atoms with Crippen molar-refractivity contribution < 1.29 is 4.79 Å². The summed E-state index contributed by atoms with van der Waals surface area (Å²) < 4.78 is 0. The molecule has 1 aliphatic rings. The summed E-state index contributed by atoms with van der Waals surface area (Å²) in [5.74, 6) is 1.30. The van der Waals surface area contributed by atoms with Crippen molar-refractivity contribution in [3.05, 3.63) is 23.9 Å². The number of carbonyl (C=O) groups excluding carboxylic acids is 1. The summed E-state index contributed by atoms with van der Waals surface area (Å²) in [5, 5.41) is 0. The van der Waals surface area contributed by atoms with E-state index in [4.69, 9.17) is 5.73 Å². The lowest BCUT2D eigenvalue weighted by molar-refractivity contribution is 0.0743. The Morgan fingerprint density at radius 1 is 1.58 bits per heavy atom. The Balaban J connectivity index is 2.18. The molecule has 2 atom stereocenters. The zero-order valence-corrected chi connectivity index (χ0v) is 11.8. The minimum atomic E-state index is 0.0777. The Morgan fingerprint density at radius 3 is 2.89 bits per heavy atom. The average Bonchev–Trinajstić information content (AvgIpc) is 2.79. The van der Waals surface area contributed by atoms with Crippen LogP contribution in [0, 0.1) is 5.92 Å². The van der Waals surface area contributed by atoms with Crippen LogP contribution < -0.4 is 10.6 Å². The quantitative estimate of drug-likeness (QED) is 0.881. The van der Waals surface area contributed by atoms with Crippen LogP contribution >= 0.6 is 0 Å². The molecule has 2 unspecified atom stereocenters. The van der Waals surface area contributed by atoms with Crippen LogP contribution in [0.25, 0.3) is 0 Å². The van der Waals surface area contributed by atoms with Crippen molar-refractivity contribution in [1.29, 1.82) is 0 Å². The number of aromatic nitrogens is 1. The number of hydrogen-bond donors (Lipinski definition) is 1. The molecule has 1 amide bonds. The molecule has 1 aliphatic heterocycles. The topological polar surface area (TPSA) is 62.5 Å². The molecule has 0 aliphatic carbocycles. The molecule has 5 heteroatoms. The first kappa shape index (κ1) is 13.8. The Hall–Kier alpha value is -1.62. The minimum Gasteiger partial charge on any atom is -0.363 e. The van der Waals surface area contributed by atoms with Crippen LogP contribution in [0.15, 0.2) is 18.3 Å². The Labute approximate surface area is 114 Å². The van der Waals surface area contributed by atoms with Crippen molar-refractivity contribution in [2.24, 2.45) is 11.7 Å². The number of likely N-dealkylation sites (tertiary alicyclic amines) is 1. The third-order valence-electron chi connectivity index (χ3n) is 3.71. The maximum atomic E-state index is 12.5. The molecule has 1 aromatic rings. The van der Waals surface area contributed by atoms with Gasteiger partial charge in [-0.15, -0.1) is 0 Å². The number of nitrogens with zero attached hydrogens (tertiary/aromatic N) is 3. The van der Waals surface area contributed by atoms with Gasteiger partial charge in [-0.25, -0.2) is 4.98 Å². The Morgan fingerprint density at radius 2 is 2.32 bits per heavy atom. The smallest absolute Gasteiger partial charge is 0.254 e. The molecule has 2 heterocycles. The van der Waals surface area contributed by atoms with Gasteiger partial charge in [0.25, 0.3) is 5.91 Å². The number of anilines is 1. The van der Waals surface area contributed by atoms with Gasteiger partial charge in [-0.1, -0.05) is 0 Å². The molecular weight excluding hydrogens is 240 g/mol. The van der Waals surface area contributed by atoms with Crippen molar-refractivity contribution in [2.75, 3.05) is 32.1 Å². The first-order valence-electron chi connectivity index (χ1n) is 6.67. The lowest BCUT2D eigenvalue weighted by atomic mass is 10.1.